The molecule has 0 atom stereocenters. The van der Waals surface area contributed by atoms with Crippen LogP contribution in [0, 0.1) is 11.8 Å². The fraction of sp³-hybridized carbons (Fsp3) is 0.640. The quantitative estimate of drug-likeness (QED) is 0.596. The second kappa shape index (κ2) is 10.2. The molecule has 0 radical (unpaired) electrons. The monoisotopic (exact) mass is 458 g/mol. The van der Waals surface area contributed by atoms with Gasteiger partial charge < -0.3 is 14.9 Å². The van der Waals surface area contributed by atoms with Crippen molar-refractivity contribution < 1.29 is 19.5 Å². The first-order chi connectivity index (χ1) is 15.5. The van der Waals surface area contributed by atoms with E-state index in [1.165, 1.54) is 23.3 Å². The number of allylic oxidation sites excluding steroid dienone is 2. The van der Waals surface area contributed by atoms with Crippen LogP contribution < -0.4 is 4.90 Å². The molecule has 1 aromatic rings. The van der Waals surface area contributed by atoms with Gasteiger partial charge in [0.15, 0.2) is 0 Å². The highest BCUT2D eigenvalue weighted by atomic mass is 32.1. The Hall–Kier alpha value is -2.15. The van der Waals surface area contributed by atoms with Crippen LogP contribution in [0.1, 0.15) is 85.7 Å². The molecule has 0 bridgehead atoms. The first kappa shape index (κ1) is 23.0. The molecule has 1 saturated heterocycles. The molecule has 1 aromatic heterocycles. The van der Waals surface area contributed by atoms with Crippen molar-refractivity contribution in [2.45, 2.75) is 77.2 Å². The number of carbonyl (C=O) groups is 3. The second-order valence-electron chi connectivity index (χ2n) is 9.64. The van der Waals surface area contributed by atoms with Crippen LogP contribution in [0.15, 0.2) is 12.1 Å². The molecular weight excluding hydrogens is 424 g/mol. The van der Waals surface area contributed by atoms with Gasteiger partial charge in [0.25, 0.3) is 0 Å². The van der Waals surface area contributed by atoms with Gasteiger partial charge in [-0.15, -0.1) is 11.3 Å². The summed E-state index contributed by atoms with van der Waals surface area (Å²) in [6.07, 6.45) is 12.6. The minimum atomic E-state index is -0.965. The van der Waals surface area contributed by atoms with Gasteiger partial charge in [-0.2, -0.15) is 0 Å². The number of anilines is 1. The number of likely N-dealkylation sites (tertiary alicyclic amines) is 1. The minimum Gasteiger partial charge on any atom is -0.477 e. The third-order valence-electron chi connectivity index (χ3n) is 7.39. The topological polar surface area (TPSA) is 77.9 Å². The van der Waals surface area contributed by atoms with Crippen molar-refractivity contribution in [3.63, 3.8) is 0 Å². The lowest BCUT2D eigenvalue weighted by Crippen LogP contribution is -2.50. The fourth-order valence-corrected chi connectivity index (χ4v) is 6.44. The molecule has 1 saturated carbocycles. The molecule has 3 aliphatic rings. The van der Waals surface area contributed by atoms with Crippen molar-refractivity contribution in [1.82, 2.24) is 4.90 Å². The normalized spacial score (nSPS) is 24.7. The maximum absolute atomic E-state index is 13.9. The summed E-state index contributed by atoms with van der Waals surface area (Å²) in [4.78, 5) is 42.1. The molecular formula is C25H34N2O4S. The maximum atomic E-state index is 13.9. The van der Waals surface area contributed by atoms with Crippen LogP contribution in [0.4, 0.5) is 5.69 Å². The molecule has 2 amide bonds. The van der Waals surface area contributed by atoms with E-state index in [0.29, 0.717) is 37.5 Å². The number of aromatic carboxylic acids is 1. The van der Waals surface area contributed by atoms with E-state index < -0.39 is 5.97 Å². The summed E-state index contributed by atoms with van der Waals surface area (Å²) in [6, 6.07) is 1.89. The Balaban J connectivity index is 1.69. The predicted molar refractivity (Wildman–Crippen MR) is 127 cm³/mol. The third kappa shape index (κ3) is 4.92. The number of hydrogen-bond donors (Lipinski definition) is 1. The van der Waals surface area contributed by atoms with Gasteiger partial charge in [0.1, 0.15) is 4.88 Å². The van der Waals surface area contributed by atoms with E-state index in [2.05, 4.69) is 13.0 Å². The molecule has 174 valence electrons. The molecule has 32 heavy (non-hydrogen) atoms. The minimum absolute atomic E-state index is 0.0470. The Kier molecular flexibility index (Phi) is 7.33. The van der Waals surface area contributed by atoms with Gasteiger partial charge in [-0.1, -0.05) is 13.0 Å². The highest BCUT2D eigenvalue weighted by molar-refractivity contribution is 7.15. The number of carboxylic acid groups (broad SMARTS) is 1. The Morgan fingerprint density at radius 3 is 2.44 bits per heavy atom. The zero-order chi connectivity index (χ0) is 22.7. The fourth-order valence-electron chi connectivity index (χ4n) is 5.38. The number of rotatable bonds is 6. The zero-order valence-corrected chi connectivity index (χ0v) is 19.7. The summed E-state index contributed by atoms with van der Waals surface area (Å²) in [5.74, 6) is -0.294. The SMILES string of the molecule is C[C@H]1CC[C@H](C(=O)N(c2cc(C3=CCCCC3)sc2C(=O)O)C2CCN(C=O)CC2)CC1. The van der Waals surface area contributed by atoms with E-state index in [-0.39, 0.29) is 22.7 Å². The second-order valence-corrected chi connectivity index (χ2v) is 10.7. The van der Waals surface area contributed by atoms with E-state index in [4.69, 9.17) is 0 Å². The Morgan fingerprint density at radius 1 is 1.12 bits per heavy atom. The van der Waals surface area contributed by atoms with Crippen LogP contribution >= 0.6 is 11.3 Å². The number of nitrogens with zero attached hydrogens (tertiary/aromatic N) is 2. The molecule has 2 fully saturated rings. The summed E-state index contributed by atoms with van der Waals surface area (Å²) >= 11 is 1.31. The third-order valence-corrected chi connectivity index (χ3v) is 8.58. The van der Waals surface area contributed by atoms with Crippen molar-refractivity contribution >= 4 is 40.9 Å². The largest absolute Gasteiger partial charge is 0.477 e. The number of hydrogen-bond acceptors (Lipinski definition) is 4. The highest BCUT2D eigenvalue weighted by Gasteiger charge is 2.37. The summed E-state index contributed by atoms with van der Waals surface area (Å²) < 4.78 is 0. The molecule has 0 aromatic carbocycles. The Bertz CT molecular complexity index is 877. The zero-order valence-electron chi connectivity index (χ0n) is 18.9. The van der Waals surface area contributed by atoms with Crippen LogP contribution in [0.5, 0.6) is 0 Å². The van der Waals surface area contributed by atoms with Gasteiger partial charge in [0.2, 0.25) is 12.3 Å². The maximum Gasteiger partial charge on any atom is 0.348 e. The molecule has 0 spiro atoms. The summed E-state index contributed by atoms with van der Waals surface area (Å²) in [7, 11) is 0. The summed E-state index contributed by atoms with van der Waals surface area (Å²) in [5, 5.41) is 10.0. The van der Waals surface area contributed by atoms with E-state index in [1.807, 2.05) is 11.0 Å². The first-order valence-corrected chi connectivity index (χ1v) is 12.9. The van der Waals surface area contributed by atoms with Gasteiger partial charge in [0, 0.05) is 29.9 Å². The predicted octanol–water partition coefficient (Wildman–Crippen LogP) is 5.18. The van der Waals surface area contributed by atoms with Gasteiger partial charge in [-0.25, -0.2) is 4.79 Å². The van der Waals surface area contributed by atoms with E-state index in [0.717, 1.165) is 56.2 Å². The van der Waals surface area contributed by atoms with Gasteiger partial charge in [-0.05, 0) is 81.8 Å². The van der Waals surface area contributed by atoms with Gasteiger partial charge in [0.05, 0.1) is 5.69 Å². The van der Waals surface area contributed by atoms with Crippen molar-refractivity contribution in [1.29, 1.82) is 0 Å². The lowest BCUT2D eigenvalue weighted by Gasteiger charge is -2.39. The van der Waals surface area contributed by atoms with Crippen molar-refractivity contribution in [2.24, 2.45) is 11.8 Å². The van der Waals surface area contributed by atoms with Crippen molar-refractivity contribution in [3.8, 4) is 0 Å². The van der Waals surface area contributed by atoms with Gasteiger partial charge in [-0.3, -0.25) is 9.59 Å². The number of thiophene rings is 1. The van der Waals surface area contributed by atoms with Crippen LogP contribution in [0.3, 0.4) is 0 Å². The lowest BCUT2D eigenvalue weighted by molar-refractivity contribution is -0.124. The molecule has 6 nitrogen and oxygen atoms in total. The average molecular weight is 459 g/mol. The molecule has 7 heteroatoms. The van der Waals surface area contributed by atoms with Crippen molar-refractivity contribution in [3.05, 3.63) is 21.9 Å². The highest BCUT2D eigenvalue weighted by Crippen LogP contribution is 2.41. The number of piperidine rings is 1. The lowest BCUT2D eigenvalue weighted by atomic mass is 9.82. The molecule has 1 N–H and O–H groups in total. The van der Waals surface area contributed by atoms with Crippen LogP contribution in [-0.4, -0.2) is 47.4 Å². The van der Waals surface area contributed by atoms with E-state index >= 15 is 0 Å². The first-order valence-electron chi connectivity index (χ1n) is 12.1. The van der Waals surface area contributed by atoms with Crippen LogP contribution in [-0.2, 0) is 9.59 Å². The Morgan fingerprint density at radius 2 is 1.84 bits per heavy atom. The summed E-state index contributed by atoms with van der Waals surface area (Å²) in [6.45, 7) is 3.44. The smallest absolute Gasteiger partial charge is 0.348 e. The molecule has 2 aliphatic carbocycles. The number of amides is 2. The molecule has 4 rings (SSSR count). The van der Waals surface area contributed by atoms with Crippen molar-refractivity contribution in [2.75, 3.05) is 18.0 Å². The standard InChI is InChI=1S/C25H34N2O4S/c1-17-7-9-19(10-8-17)24(29)27(20-11-13-26(16-28)14-12-20)21-15-22(32-23(21)25(30)31)18-5-3-2-4-6-18/h5,15-17,19-20H,2-4,6-14H2,1H3,(H,30,31)/t17-,19-. The van der Waals surface area contributed by atoms with E-state index in [9.17, 15) is 19.5 Å². The summed E-state index contributed by atoms with van der Waals surface area (Å²) in [5.41, 5.74) is 1.78. The average Bonchev–Trinajstić information content (AvgIpc) is 3.26. The molecule has 0 unspecified atom stereocenters. The number of carboxylic acids is 1. The molecule has 1 aliphatic heterocycles. The van der Waals surface area contributed by atoms with Gasteiger partial charge >= 0.3 is 5.97 Å². The molecule has 2 heterocycles. The number of carbonyl (C=O) groups excluding carboxylic acids is 2. The van der Waals surface area contributed by atoms with Crippen LogP contribution in [0.25, 0.3) is 5.57 Å². The Labute approximate surface area is 194 Å². The van der Waals surface area contributed by atoms with Crippen LogP contribution in [0.2, 0.25) is 0 Å². The van der Waals surface area contributed by atoms with E-state index in [1.54, 1.807) is 4.90 Å².